The highest BCUT2D eigenvalue weighted by molar-refractivity contribution is 7.79. The Labute approximate surface area is 284 Å². The van der Waals surface area contributed by atoms with Crippen LogP contribution < -0.4 is 16.0 Å². The van der Waals surface area contributed by atoms with Gasteiger partial charge in [-0.1, -0.05) is 40.9 Å². The number of hydrogen-bond donors (Lipinski definition) is 3. The number of benzene rings is 2. The Hall–Kier alpha value is -2.61. The van der Waals surface area contributed by atoms with Crippen LogP contribution in [-0.2, 0) is 31.8 Å². The topological polar surface area (TPSA) is 132 Å². The predicted octanol–water partition coefficient (Wildman–Crippen LogP) is 5.14. The van der Waals surface area contributed by atoms with Crippen LogP contribution in [-0.4, -0.2) is 89.5 Å². The van der Waals surface area contributed by atoms with Crippen LogP contribution in [0.5, 0.6) is 0 Å². The molecule has 47 heavy (non-hydrogen) atoms. The molecular formula is C34H47ClFN4O6S-. The number of likely N-dealkylation sites (N-methyl/N-ethyl adjacent to an activating group) is 1. The first-order chi connectivity index (χ1) is 22.6. The third-order valence-electron chi connectivity index (χ3n) is 9.26. The van der Waals surface area contributed by atoms with Crippen molar-refractivity contribution < 1.29 is 32.2 Å². The first-order valence-electron chi connectivity index (χ1n) is 16.4. The van der Waals surface area contributed by atoms with Crippen molar-refractivity contribution in [3.63, 3.8) is 0 Å². The predicted molar refractivity (Wildman–Crippen MR) is 181 cm³/mol. The van der Waals surface area contributed by atoms with Gasteiger partial charge in [0.15, 0.2) is 0 Å². The van der Waals surface area contributed by atoms with Gasteiger partial charge in [-0.3, -0.25) is 9.00 Å². The number of ether oxygens (including phenoxy) is 2. The summed E-state index contributed by atoms with van der Waals surface area (Å²) in [6.45, 7) is 2.16. The fraction of sp³-hybridized carbons (Fsp3) is 0.588. The lowest BCUT2D eigenvalue weighted by molar-refractivity contribution is -0.118. The number of methoxy groups -OCH3 is 1. The molecule has 2 amide bonds. The van der Waals surface area contributed by atoms with Crippen molar-refractivity contribution in [2.75, 3.05) is 44.9 Å². The number of anilines is 1. The minimum atomic E-state index is -2.04. The SMILES string of the molecule is COC(=O)N[C@H](C(=O)Nc1cccc(F)c1CCC1CN(C)C(CCCS(=O)[O-])CN1)[C@H](CCC1CCCCO1)c1ccc(Cl)cc1. The summed E-state index contributed by atoms with van der Waals surface area (Å²) < 4.78 is 48.0. The van der Waals surface area contributed by atoms with Gasteiger partial charge in [-0.05, 0) is 94.7 Å². The van der Waals surface area contributed by atoms with E-state index < -0.39 is 40.9 Å². The molecule has 0 aromatic heterocycles. The minimum Gasteiger partial charge on any atom is -0.772 e. The first kappa shape index (κ1) is 37.2. The second-order valence-corrected chi connectivity index (χ2v) is 13.9. The molecule has 10 nitrogen and oxygen atoms in total. The van der Waals surface area contributed by atoms with Crippen molar-refractivity contribution in [2.24, 2.45) is 0 Å². The third-order valence-corrected chi connectivity index (χ3v) is 10.1. The number of piperazine rings is 1. The lowest BCUT2D eigenvalue weighted by atomic mass is 9.85. The van der Waals surface area contributed by atoms with E-state index in [1.807, 2.05) is 19.2 Å². The number of alkyl carbamates (subject to hydrolysis) is 1. The van der Waals surface area contributed by atoms with Gasteiger partial charge >= 0.3 is 6.09 Å². The normalized spacial score (nSPS) is 22.2. The summed E-state index contributed by atoms with van der Waals surface area (Å²) in [7, 11) is 3.27. The van der Waals surface area contributed by atoms with Gasteiger partial charge < -0.3 is 34.9 Å². The number of carbonyl (C=O) groups is 2. The molecule has 6 atom stereocenters. The lowest BCUT2D eigenvalue weighted by Crippen LogP contribution is -2.55. The minimum absolute atomic E-state index is 0.0707. The number of carbonyl (C=O) groups excluding carboxylic acids is 2. The molecule has 2 fully saturated rings. The van der Waals surface area contributed by atoms with Crippen LogP contribution in [0.25, 0.3) is 0 Å². The first-order valence-corrected chi connectivity index (χ1v) is 18.1. The molecule has 2 aliphatic heterocycles. The quantitative estimate of drug-likeness (QED) is 0.219. The zero-order valence-electron chi connectivity index (χ0n) is 27.2. The molecule has 4 rings (SSSR count). The van der Waals surface area contributed by atoms with Gasteiger partial charge in [0.1, 0.15) is 11.9 Å². The molecular weight excluding hydrogens is 647 g/mol. The van der Waals surface area contributed by atoms with Crippen LogP contribution in [0.15, 0.2) is 42.5 Å². The Morgan fingerprint density at radius 1 is 1.19 bits per heavy atom. The zero-order valence-corrected chi connectivity index (χ0v) is 28.8. The van der Waals surface area contributed by atoms with Gasteiger partial charge in [-0.15, -0.1) is 0 Å². The summed E-state index contributed by atoms with van der Waals surface area (Å²) in [5.74, 6) is -1.18. The molecule has 2 aliphatic rings. The Morgan fingerprint density at radius 3 is 2.66 bits per heavy atom. The summed E-state index contributed by atoms with van der Waals surface area (Å²) in [5.41, 5.74) is 1.57. The molecule has 4 unspecified atom stereocenters. The van der Waals surface area contributed by atoms with E-state index >= 15 is 4.39 Å². The van der Waals surface area contributed by atoms with E-state index in [0.29, 0.717) is 61.5 Å². The van der Waals surface area contributed by atoms with Gasteiger partial charge in [0.25, 0.3) is 0 Å². The highest BCUT2D eigenvalue weighted by atomic mass is 35.5. The largest absolute Gasteiger partial charge is 0.772 e. The Bertz CT molecular complexity index is 1330. The molecule has 13 heteroatoms. The van der Waals surface area contributed by atoms with Crippen LogP contribution in [0.1, 0.15) is 68.4 Å². The number of amides is 2. The van der Waals surface area contributed by atoms with Crippen LogP contribution >= 0.6 is 11.6 Å². The average molecular weight is 694 g/mol. The van der Waals surface area contributed by atoms with Gasteiger partial charge in [0.05, 0.1) is 13.2 Å². The molecule has 2 saturated heterocycles. The van der Waals surface area contributed by atoms with Crippen molar-refractivity contribution >= 4 is 40.4 Å². The summed E-state index contributed by atoms with van der Waals surface area (Å²) in [4.78, 5) is 28.8. The summed E-state index contributed by atoms with van der Waals surface area (Å²) in [5, 5.41) is 9.75. The highest BCUT2D eigenvalue weighted by Crippen LogP contribution is 2.31. The van der Waals surface area contributed by atoms with Gasteiger partial charge in [0, 0.05) is 59.7 Å². The fourth-order valence-electron chi connectivity index (χ4n) is 6.60. The fourth-order valence-corrected chi connectivity index (χ4v) is 7.13. The van der Waals surface area contributed by atoms with Gasteiger partial charge in [-0.2, -0.15) is 0 Å². The molecule has 0 radical (unpaired) electrons. The van der Waals surface area contributed by atoms with E-state index in [9.17, 15) is 18.4 Å². The van der Waals surface area contributed by atoms with Crippen molar-refractivity contribution in [1.29, 1.82) is 0 Å². The van der Waals surface area contributed by atoms with Gasteiger partial charge in [-0.25, -0.2) is 9.18 Å². The third kappa shape index (κ3) is 11.5. The standard InChI is InChI=1S/C34H48ClFN4O6S/c1-40-22-25(37-21-26(40)7-6-20-47(43)44)15-17-29-30(36)9-5-10-31(29)38-33(41)32(39-34(42)45-2)28(23-11-13-24(35)14-12-23)18-16-27-8-3-4-19-46-27/h5,9-14,25-28,32,37H,3-4,6-8,15-22H2,1-2H3,(H,38,41)(H,39,42)(H,43,44)/p-1/t25?,26?,27?,28-,32+/m1/s1. The maximum atomic E-state index is 15.3. The second kappa shape index (κ2) is 18.8. The van der Waals surface area contributed by atoms with Crippen LogP contribution in [0.3, 0.4) is 0 Å². The number of halogens is 2. The van der Waals surface area contributed by atoms with E-state index in [4.69, 9.17) is 21.1 Å². The van der Waals surface area contributed by atoms with Crippen LogP contribution in [0.2, 0.25) is 5.02 Å². The van der Waals surface area contributed by atoms with E-state index in [2.05, 4.69) is 20.9 Å². The van der Waals surface area contributed by atoms with E-state index in [1.165, 1.54) is 13.2 Å². The van der Waals surface area contributed by atoms with Crippen molar-refractivity contribution in [3.05, 3.63) is 64.4 Å². The molecule has 2 aromatic rings. The maximum absolute atomic E-state index is 15.3. The second-order valence-electron chi connectivity index (χ2n) is 12.5. The molecule has 2 heterocycles. The summed E-state index contributed by atoms with van der Waals surface area (Å²) in [6.07, 6.45) is 6.03. The maximum Gasteiger partial charge on any atom is 0.407 e. The molecule has 0 aliphatic carbocycles. The van der Waals surface area contributed by atoms with Crippen LogP contribution in [0, 0.1) is 5.82 Å². The van der Waals surface area contributed by atoms with Crippen molar-refractivity contribution in [3.8, 4) is 0 Å². The van der Waals surface area contributed by atoms with E-state index in [0.717, 1.165) is 37.8 Å². The summed E-state index contributed by atoms with van der Waals surface area (Å²) >= 11 is 4.15. The average Bonchev–Trinajstić information content (AvgIpc) is 3.05. The molecule has 260 valence electrons. The smallest absolute Gasteiger partial charge is 0.407 e. The zero-order chi connectivity index (χ0) is 33.8. The summed E-state index contributed by atoms with van der Waals surface area (Å²) in [6, 6.07) is 11.1. The van der Waals surface area contributed by atoms with Crippen molar-refractivity contribution in [1.82, 2.24) is 15.5 Å². The Kier molecular flexibility index (Phi) is 14.9. The Morgan fingerprint density at radius 2 is 1.98 bits per heavy atom. The number of hydrogen-bond acceptors (Lipinski definition) is 8. The van der Waals surface area contributed by atoms with Crippen LogP contribution in [0.4, 0.5) is 14.9 Å². The highest BCUT2D eigenvalue weighted by Gasteiger charge is 2.33. The number of nitrogens with one attached hydrogen (secondary N) is 3. The molecule has 3 N–H and O–H groups in total. The molecule has 2 aromatic carbocycles. The Balaban J connectivity index is 1.48. The molecule has 0 bridgehead atoms. The van der Waals surface area contributed by atoms with Gasteiger partial charge in [0.2, 0.25) is 5.91 Å². The number of nitrogens with zero attached hydrogens (tertiary/aromatic N) is 1. The van der Waals surface area contributed by atoms with E-state index in [1.54, 1.807) is 24.3 Å². The number of rotatable bonds is 15. The molecule has 0 saturated carbocycles. The van der Waals surface area contributed by atoms with E-state index in [-0.39, 0.29) is 23.9 Å². The lowest BCUT2D eigenvalue weighted by Gasteiger charge is -2.38. The molecule has 0 spiro atoms. The monoisotopic (exact) mass is 693 g/mol. The van der Waals surface area contributed by atoms with Crippen molar-refractivity contribution in [2.45, 2.75) is 87.9 Å².